The molecule has 13 heavy (non-hydrogen) atoms. The van der Waals surface area contributed by atoms with Crippen LogP contribution < -0.4 is 0 Å². The van der Waals surface area contributed by atoms with Crippen molar-refractivity contribution in [2.45, 2.75) is 20.8 Å². The van der Waals surface area contributed by atoms with Crippen LogP contribution in [0, 0.1) is 20.8 Å². The van der Waals surface area contributed by atoms with Crippen molar-refractivity contribution in [2.75, 3.05) is 0 Å². The molecule has 2 aromatic rings. The molecule has 0 amide bonds. The van der Waals surface area contributed by atoms with Gasteiger partial charge in [-0.2, -0.15) is 0 Å². The van der Waals surface area contributed by atoms with Gasteiger partial charge in [-0.25, -0.2) is 0 Å². The third kappa shape index (κ3) is 1.10. The molecule has 0 aliphatic carbocycles. The Morgan fingerprint density at radius 1 is 1.15 bits per heavy atom. The Labute approximate surface area is 77.2 Å². The van der Waals surface area contributed by atoms with Gasteiger partial charge >= 0.3 is 0 Å². The van der Waals surface area contributed by atoms with E-state index in [0.717, 1.165) is 22.3 Å². The van der Waals surface area contributed by atoms with E-state index in [1.54, 1.807) is 0 Å². The smallest absolute Gasteiger partial charge is 0.120 e. The van der Waals surface area contributed by atoms with Crippen LogP contribution >= 0.6 is 0 Å². The van der Waals surface area contributed by atoms with Gasteiger partial charge in [-0.1, -0.05) is 0 Å². The first kappa shape index (κ1) is 8.17. The molecule has 0 saturated heterocycles. The van der Waals surface area contributed by atoms with Crippen molar-refractivity contribution < 1.29 is 5.11 Å². The Morgan fingerprint density at radius 2 is 1.85 bits per heavy atom. The summed E-state index contributed by atoms with van der Waals surface area (Å²) >= 11 is 0. The lowest BCUT2D eigenvalue weighted by molar-refractivity contribution is 0.471. The molecular formula is C11H13NO. The minimum atomic E-state index is 0.367. The first-order valence-electron chi connectivity index (χ1n) is 4.38. The molecular weight excluding hydrogens is 162 g/mol. The molecule has 0 saturated carbocycles. The van der Waals surface area contributed by atoms with Crippen LogP contribution in [0.4, 0.5) is 0 Å². The Morgan fingerprint density at radius 3 is 2.54 bits per heavy atom. The van der Waals surface area contributed by atoms with E-state index in [0.29, 0.717) is 5.75 Å². The van der Waals surface area contributed by atoms with E-state index in [1.807, 2.05) is 26.8 Å². The molecule has 0 unspecified atom stereocenters. The maximum Gasteiger partial charge on any atom is 0.120 e. The zero-order valence-corrected chi connectivity index (χ0v) is 8.10. The fourth-order valence-electron chi connectivity index (χ4n) is 1.72. The van der Waals surface area contributed by atoms with Gasteiger partial charge in [0.1, 0.15) is 5.75 Å². The molecule has 0 fully saturated rings. The van der Waals surface area contributed by atoms with Crippen molar-refractivity contribution >= 4 is 10.9 Å². The van der Waals surface area contributed by atoms with Crippen LogP contribution in [0.25, 0.3) is 10.9 Å². The van der Waals surface area contributed by atoms with E-state index in [1.165, 1.54) is 5.39 Å². The maximum absolute atomic E-state index is 9.59. The Balaban J connectivity index is 2.95. The molecule has 0 radical (unpaired) electrons. The van der Waals surface area contributed by atoms with Crippen LogP contribution in [0.5, 0.6) is 5.75 Å². The topological polar surface area (TPSA) is 36.0 Å². The van der Waals surface area contributed by atoms with E-state index >= 15 is 0 Å². The number of aromatic nitrogens is 1. The van der Waals surface area contributed by atoms with Crippen molar-refractivity contribution in [1.29, 1.82) is 0 Å². The monoisotopic (exact) mass is 175 g/mol. The average Bonchev–Trinajstić information content (AvgIpc) is 2.44. The maximum atomic E-state index is 9.59. The van der Waals surface area contributed by atoms with Gasteiger partial charge in [-0.05, 0) is 38.5 Å². The van der Waals surface area contributed by atoms with Gasteiger partial charge in [0.15, 0.2) is 0 Å². The van der Waals surface area contributed by atoms with Gasteiger partial charge in [0, 0.05) is 16.6 Å². The first-order chi connectivity index (χ1) is 6.09. The predicted molar refractivity (Wildman–Crippen MR) is 54.2 cm³/mol. The molecule has 0 aliphatic heterocycles. The molecule has 0 spiro atoms. The lowest BCUT2D eigenvalue weighted by Gasteiger charge is -2.02. The molecule has 68 valence electrons. The summed E-state index contributed by atoms with van der Waals surface area (Å²) in [5.74, 6) is 0.367. The molecule has 2 nitrogen and oxygen atoms in total. The Kier molecular flexibility index (Phi) is 1.59. The summed E-state index contributed by atoms with van der Waals surface area (Å²) in [6.45, 7) is 5.96. The molecule has 0 atom stereocenters. The second-order valence-corrected chi connectivity index (χ2v) is 3.58. The highest BCUT2D eigenvalue weighted by Gasteiger charge is 2.07. The van der Waals surface area contributed by atoms with Crippen molar-refractivity contribution in [1.82, 2.24) is 4.98 Å². The SMILES string of the molecule is Cc1cc2c(C)cc(O)c(C)c2[nH]1. The summed E-state index contributed by atoms with van der Waals surface area (Å²) in [4.78, 5) is 3.25. The summed E-state index contributed by atoms with van der Waals surface area (Å²) in [5, 5.41) is 10.8. The molecule has 1 aromatic carbocycles. The standard InChI is InChI=1S/C11H13NO/c1-6-4-10(13)8(3)11-9(6)5-7(2)12-11/h4-5,12-13H,1-3H3. The number of H-pyrrole nitrogens is 1. The molecule has 2 heteroatoms. The van der Waals surface area contributed by atoms with E-state index < -0.39 is 0 Å². The Hall–Kier alpha value is -1.44. The fourth-order valence-corrected chi connectivity index (χ4v) is 1.72. The van der Waals surface area contributed by atoms with Crippen molar-refractivity contribution in [3.8, 4) is 5.75 Å². The number of aryl methyl sites for hydroxylation is 3. The number of phenols is 1. The molecule has 1 aromatic heterocycles. The second-order valence-electron chi connectivity index (χ2n) is 3.58. The van der Waals surface area contributed by atoms with Gasteiger partial charge in [-0.15, -0.1) is 0 Å². The van der Waals surface area contributed by atoms with Crippen LogP contribution in [0.3, 0.4) is 0 Å². The summed E-state index contributed by atoms with van der Waals surface area (Å²) in [6.07, 6.45) is 0. The van der Waals surface area contributed by atoms with Crippen LogP contribution in [0.2, 0.25) is 0 Å². The van der Waals surface area contributed by atoms with Crippen LogP contribution in [-0.2, 0) is 0 Å². The van der Waals surface area contributed by atoms with E-state index in [9.17, 15) is 5.11 Å². The highest BCUT2D eigenvalue weighted by Crippen LogP contribution is 2.29. The molecule has 1 heterocycles. The summed E-state index contributed by atoms with van der Waals surface area (Å²) in [5.41, 5.74) is 4.22. The zero-order chi connectivity index (χ0) is 9.59. The number of aromatic amines is 1. The molecule has 0 bridgehead atoms. The number of hydrogen-bond acceptors (Lipinski definition) is 1. The molecule has 0 aliphatic rings. The van der Waals surface area contributed by atoms with Crippen molar-refractivity contribution in [3.05, 3.63) is 29.0 Å². The zero-order valence-electron chi connectivity index (χ0n) is 8.10. The third-order valence-electron chi connectivity index (χ3n) is 2.49. The minimum Gasteiger partial charge on any atom is -0.508 e. The van der Waals surface area contributed by atoms with Gasteiger partial charge < -0.3 is 10.1 Å². The average molecular weight is 175 g/mol. The summed E-state index contributed by atoms with van der Waals surface area (Å²) in [7, 11) is 0. The van der Waals surface area contributed by atoms with Crippen LogP contribution in [0.15, 0.2) is 12.1 Å². The number of phenolic OH excluding ortho intramolecular Hbond substituents is 1. The number of nitrogens with one attached hydrogen (secondary N) is 1. The highest BCUT2D eigenvalue weighted by molar-refractivity contribution is 5.88. The van der Waals surface area contributed by atoms with E-state index in [4.69, 9.17) is 0 Å². The first-order valence-corrected chi connectivity index (χ1v) is 4.38. The lowest BCUT2D eigenvalue weighted by atomic mass is 10.1. The summed E-state index contributed by atoms with van der Waals surface area (Å²) in [6, 6.07) is 3.92. The van der Waals surface area contributed by atoms with Crippen LogP contribution in [0.1, 0.15) is 16.8 Å². The minimum absolute atomic E-state index is 0.367. The Bertz CT molecular complexity index is 468. The van der Waals surface area contributed by atoms with E-state index in [2.05, 4.69) is 11.1 Å². The van der Waals surface area contributed by atoms with E-state index in [-0.39, 0.29) is 0 Å². The number of hydrogen-bond donors (Lipinski definition) is 2. The number of benzene rings is 1. The van der Waals surface area contributed by atoms with Crippen molar-refractivity contribution in [2.24, 2.45) is 0 Å². The van der Waals surface area contributed by atoms with Gasteiger partial charge in [0.25, 0.3) is 0 Å². The summed E-state index contributed by atoms with van der Waals surface area (Å²) < 4.78 is 0. The third-order valence-corrected chi connectivity index (χ3v) is 2.49. The number of aromatic hydroxyl groups is 1. The number of fused-ring (bicyclic) bond motifs is 1. The van der Waals surface area contributed by atoms with Gasteiger partial charge in [0.05, 0.1) is 5.52 Å². The largest absolute Gasteiger partial charge is 0.508 e. The highest BCUT2D eigenvalue weighted by atomic mass is 16.3. The second kappa shape index (κ2) is 2.52. The van der Waals surface area contributed by atoms with Gasteiger partial charge in [0.2, 0.25) is 0 Å². The quantitative estimate of drug-likeness (QED) is 0.634. The predicted octanol–water partition coefficient (Wildman–Crippen LogP) is 2.80. The normalized spacial score (nSPS) is 11.0. The van der Waals surface area contributed by atoms with Gasteiger partial charge in [-0.3, -0.25) is 0 Å². The number of rotatable bonds is 0. The molecule has 2 N–H and O–H groups in total. The lowest BCUT2D eigenvalue weighted by Crippen LogP contribution is -1.81. The molecule has 2 rings (SSSR count). The fraction of sp³-hybridized carbons (Fsp3) is 0.273. The van der Waals surface area contributed by atoms with Crippen LogP contribution in [-0.4, -0.2) is 10.1 Å². The van der Waals surface area contributed by atoms with Crippen molar-refractivity contribution in [3.63, 3.8) is 0 Å².